The Labute approximate surface area is 112 Å². The van der Waals surface area contributed by atoms with E-state index in [-0.39, 0.29) is 5.82 Å². The number of methoxy groups -OCH3 is 1. The number of hydrogen-bond acceptors (Lipinski definition) is 2. The Morgan fingerprint density at radius 1 is 1.42 bits per heavy atom. The van der Waals surface area contributed by atoms with Crippen molar-refractivity contribution in [3.63, 3.8) is 0 Å². The quantitative estimate of drug-likeness (QED) is 0.909. The predicted octanol–water partition coefficient (Wildman–Crippen LogP) is 3.29. The van der Waals surface area contributed by atoms with Crippen molar-refractivity contribution in [3.8, 4) is 5.75 Å². The lowest BCUT2D eigenvalue weighted by molar-refractivity contribution is -0.143. The van der Waals surface area contributed by atoms with E-state index in [1.165, 1.54) is 13.2 Å². The van der Waals surface area contributed by atoms with Crippen molar-refractivity contribution in [2.24, 2.45) is 0 Å². The Balaban J connectivity index is 2.61. The van der Waals surface area contributed by atoms with Crippen LogP contribution in [-0.2, 0) is 16.6 Å². The van der Waals surface area contributed by atoms with Gasteiger partial charge in [0.15, 0.2) is 0 Å². The SMILES string of the molecule is CCc1cc(C2(C(=O)O)CCCC2)c(OC)cc1F. The summed E-state index contributed by atoms with van der Waals surface area (Å²) >= 11 is 0. The largest absolute Gasteiger partial charge is 0.496 e. The molecule has 0 bridgehead atoms. The van der Waals surface area contributed by atoms with Crippen molar-refractivity contribution >= 4 is 5.97 Å². The van der Waals surface area contributed by atoms with Crippen LogP contribution in [0.1, 0.15) is 43.7 Å². The molecule has 0 saturated heterocycles. The van der Waals surface area contributed by atoms with Crippen molar-refractivity contribution in [2.45, 2.75) is 44.4 Å². The highest BCUT2D eigenvalue weighted by atomic mass is 19.1. The lowest BCUT2D eigenvalue weighted by atomic mass is 9.77. The van der Waals surface area contributed by atoms with Crippen LogP contribution >= 0.6 is 0 Å². The van der Waals surface area contributed by atoms with Gasteiger partial charge in [-0.25, -0.2) is 4.39 Å². The normalized spacial score (nSPS) is 17.4. The van der Waals surface area contributed by atoms with E-state index < -0.39 is 11.4 Å². The fraction of sp³-hybridized carbons (Fsp3) is 0.533. The first-order chi connectivity index (χ1) is 9.05. The Morgan fingerprint density at radius 3 is 2.53 bits per heavy atom. The number of ether oxygens (including phenoxy) is 1. The molecule has 0 atom stereocenters. The van der Waals surface area contributed by atoms with E-state index in [1.54, 1.807) is 6.07 Å². The van der Waals surface area contributed by atoms with Crippen LogP contribution in [-0.4, -0.2) is 18.2 Å². The van der Waals surface area contributed by atoms with Crippen LogP contribution in [0.3, 0.4) is 0 Å². The second-order valence-corrected chi connectivity index (χ2v) is 5.09. The Morgan fingerprint density at radius 2 is 2.05 bits per heavy atom. The summed E-state index contributed by atoms with van der Waals surface area (Å²) < 4.78 is 19.0. The van der Waals surface area contributed by atoms with Gasteiger partial charge in [0.05, 0.1) is 12.5 Å². The molecule has 1 aromatic rings. The molecule has 104 valence electrons. The number of halogens is 1. The van der Waals surface area contributed by atoms with Gasteiger partial charge >= 0.3 is 5.97 Å². The molecule has 0 amide bonds. The fourth-order valence-corrected chi connectivity index (χ4v) is 2.99. The van der Waals surface area contributed by atoms with E-state index in [2.05, 4.69) is 0 Å². The minimum atomic E-state index is -0.914. The lowest BCUT2D eigenvalue weighted by Gasteiger charge is -2.27. The zero-order valence-corrected chi connectivity index (χ0v) is 11.3. The average Bonchev–Trinajstić information content (AvgIpc) is 2.88. The van der Waals surface area contributed by atoms with Crippen LogP contribution in [0.15, 0.2) is 12.1 Å². The number of carbonyl (C=O) groups is 1. The first kappa shape index (κ1) is 13.8. The minimum absolute atomic E-state index is 0.332. The number of aryl methyl sites for hydroxylation is 1. The van der Waals surface area contributed by atoms with E-state index in [1.807, 2.05) is 6.92 Å². The van der Waals surface area contributed by atoms with Crippen molar-refractivity contribution < 1.29 is 19.0 Å². The minimum Gasteiger partial charge on any atom is -0.496 e. The van der Waals surface area contributed by atoms with E-state index >= 15 is 0 Å². The van der Waals surface area contributed by atoms with Crippen LogP contribution in [0, 0.1) is 5.82 Å². The molecule has 1 saturated carbocycles. The van der Waals surface area contributed by atoms with Crippen LogP contribution in [0.4, 0.5) is 4.39 Å². The van der Waals surface area contributed by atoms with Crippen LogP contribution in [0.25, 0.3) is 0 Å². The van der Waals surface area contributed by atoms with Gasteiger partial charge in [0, 0.05) is 11.6 Å². The summed E-state index contributed by atoms with van der Waals surface area (Å²) in [5.74, 6) is -0.822. The summed E-state index contributed by atoms with van der Waals surface area (Å²) in [6.45, 7) is 1.86. The van der Waals surface area contributed by atoms with Gasteiger partial charge in [-0.05, 0) is 30.9 Å². The molecule has 1 N–H and O–H groups in total. The highest BCUT2D eigenvalue weighted by Crippen LogP contribution is 2.45. The molecular weight excluding hydrogens is 247 g/mol. The number of carboxylic acid groups (broad SMARTS) is 1. The molecule has 19 heavy (non-hydrogen) atoms. The van der Waals surface area contributed by atoms with E-state index in [0.29, 0.717) is 36.1 Å². The van der Waals surface area contributed by atoms with Crippen LogP contribution in [0.5, 0.6) is 5.75 Å². The summed E-state index contributed by atoms with van der Waals surface area (Å²) in [7, 11) is 1.45. The summed E-state index contributed by atoms with van der Waals surface area (Å²) in [4.78, 5) is 11.7. The number of carboxylic acids is 1. The molecule has 4 heteroatoms. The first-order valence-corrected chi connectivity index (χ1v) is 6.65. The Bertz CT molecular complexity index is 490. The molecular formula is C15H19FO3. The predicted molar refractivity (Wildman–Crippen MR) is 70.1 cm³/mol. The van der Waals surface area contributed by atoms with Crippen LogP contribution < -0.4 is 4.74 Å². The first-order valence-electron chi connectivity index (χ1n) is 6.65. The van der Waals surface area contributed by atoms with E-state index in [0.717, 1.165) is 12.8 Å². The summed E-state index contributed by atoms with van der Waals surface area (Å²) in [5, 5.41) is 9.62. The zero-order chi connectivity index (χ0) is 14.0. The number of aliphatic carboxylic acids is 1. The number of hydrogen-bond donors (Lipinski definition) is 1. The maximum absolute atomic E-state index is 13.8. The molecule has 0 heterocycles. The summed E-state index contributed by atoms with van der Waals surface area (Å²) in [5.41, 5.74) is 0.254. The van der Waals surface area contributed by atoms with Gasteiger partial charge < -0.3 is 9.84 Å². The van der Waals surface area contributed by atoms with Gasteiger partial charge in [0.25, 0.3) is 0 Å². The lowest BCUT2D eigenvalue weighted by Crippen LogP contribution is -2.33. The van der Waals surface area contributed by atoms with E-state index in [9.17, 15) is 14.3 Å². The number of rotatable bonds is 4. The van der Waals surface area contributed by atoms with Gasteiger partial charge in [-0.3, -0.25) is 4.79 Å². The number of benzene rings is 1. The highest BCUT2D eigenvalue weighted by molar-refractivity contribution is 5.83. The van der Waals surface area contributed by atoms with Crippen molar-refractivity contribution in [2.75, 3.05) is 7.11 Å². The maximum atomic E-state index is 13.8. The molecule has 0 spiro atoms. The highest BCUT2D eigenvalue weighted by Gasteiger charge is 2.45. The van der Waals surface area contributed by atoms with Crippen molar-refractivity contribution in [1.82, 2.24) is 0 Å². The van der Waals surface area contributed by atoms with E-state index in [4.69, 9.17) is 4.74 Å². The van der Waals surface area contributed by atoms with Gasteiger partial charge in [-0.1, -0.05) is 19.8 Å². The molecule has 1 aliphatic rings. The molecule has 0 unspecified atom stereocenters. The maximum Gasteiger partial charge on any atom is 0.314 e. The molecule has 0 aromatic heterocycles. The average molecular weight is 266 g/mol. The molecule has 2 rings (SSSR count). The van der Waals surface area contributed by atoms with Gasteiger partial charge in [-0.15, -0.1) is 0 Å². The monoisotopic (exact) mass is 266 g/mol. The molecule has 0 radical (unpaired) electrons. The zero-order valence-electron chi connectivity index (χ0n) is 11.3. The van der Waals surface area contributed by atoms with Crippen molar-refractivity contribution in [1.29, 1.82) is 0 Å². The topological polar surface area (TPSA) is 46.5 Å². The smallest absolute Gasteiger partial charge is 0.314 e. The molecule has 1 fully saturated rings. The molecule has 1 aliphatic carbocycles. The standard InChI is InChI=1S/C15H19FO3/c1-3-10-8-11(13(19-2)9-12(10)16)15(14(17)18)6-4-5-7-15/h8-9H,3-7H2,1-2H3,(H,17,18). The van der Waals surface area contributed by atoms with Crippen molar-refractivity contribution in [3.05, 3.63) is 29.1 Å². The second-order valence-electron chi connectivity index (χ2n) is 5.09. The summed E-state index contributed by atoms with van der Waals surface area (Å²) in [6.07, 6.45) is 3.49. The molecule has 1 aromatic carbocycles. The fourth-order valence-electron chi connectivity index (χ4n) is 2.99. The third-order valence-corrected chi connectivity index (χ3v) is 4.13. The second kappa shape index (κ2) is 5.19. The third kappa shape index (κ3) is 2.20. The van der Waals surface area contributed by atoms with Gasteiger partial charge in [0.1, 0.15) is 11.6 Å². The molecule has 0 aliphatic heterocycles. The third-order valence-electron chi connectivity index (χ3n) is 4.13. The Hall–Kier alpha value is -1.58. The van der Waals surface area contributed by atoms with Gasteiger partial charge in [0.2, 0.25) is 0 Å². The molecule has 3 nitrogen and oxygen atoms in total. The Kier molecular flexibility index (Phi) is 3.78. The summed E-state index contributed by atoms with van der Waals surface area (Å²) in [6, 6.07) is 2.99. The van der Waals surface area contributed by atoms with Gasteiger partial charge in [-0.2, -0.15) is 0 Å². The van der Waals surface area contributed by atoms with Crippen LogP contribution in [0.2, 0.25) is 0 Å².